The van der Waals surface area contributed by atoms with Gasteiger partial charge in [0.25, 0.3) is 0 Å². The molecule has 2 fully saturated rings. The number of carbonyl (C=O) groups is 1. The van der Waals surface area contributed by atoms with Gasteiger partial charge >= 0.3 is 28.3 Å². The van der Waals surface area contributed by atoms with E-state index in [-0.39, 0.29) is 42.1 Å². The summed E-state index contributed by atoms with van der Waals surface area (Å²) in [5.41, 5.74) is 1.00. The number of methoxy groups -OCH3 is 1. The summed E-state index contributed by atoms with van der Waals surface area (Å²) in [4.78, 5) is 21.3. The van der Waals surface area contributed by atoms with Gasteiger partial charge in [-0.2, -0.15) is 11.5 Å². The van der Waals surface area contributed by atoms with Crippen molar-refractivity contribution in [1.82, 2.24) is 9.80 Å². The molecule has 0 N–H and O–H groups in total. The van der Waals surface area contributed by atoms with Crippen molar-refractivity contribution in [3.05, 3.63) is 35.6 Å². The number of benzene rings is 1. The number of hydrogen-bond donors (Lipinski definition) is 0. The van der Waals surface area contributed by atoms with Gasteiger partial charge in [0.15, 0.2) is 0 Å². The average Bonchev–Trinajstić information content (AvgIpc) is 3.14. The number of fused-ring (bicyclic) bond motifs is 2. The van der Waals surface area contributed by atoms with Gasteiger partial charge in [0.1, 0.15) is 5.82 Å². The van der Waals surface area contributed by atoms with Gasteiger partial charge in [-0.25, -0.2) is 4.39 Å². The van der Waals surface area contributed by atoms with Gasteiger partial charge in [-0.15, -0.1) is 0 Å². The number of carbonyl (C=O) groups excluding carboxylic acids is 1. The zero-order chi connectivity index (χ0) is 25.8. The van der Waals surface area contributed by atoms with E-state index in [1.807, 2.05) is 0 Å². The van der Waals surface area contributed by atoms with E-state index >= 15 is 0 Å². The first-order valence-corrected chi connectivity index (χ1v) is 13.7. The van der Waals surface area contributed by atoms with Crippen LogP contribution in [0.4, 0.5) is 4.39 Å². The molecule has 2 saturated heterocycles. The van der Waals surface area contributed by atoms with Crippen LogP contribution in [0.5, 0.6) is 0 Å². The van der Waals surface area contributed by atoms with Crippen molar-refractivity contribution in [1.29, 1.82) is 0 Å². The number of ether oxygens (including phenoxy) is 1. The molecule has 0 radical (unpaired) electrons. The standard InChI is InChI=1S/C24H36FN3O3S2.O.Tc/c1-31-24(30)23-20(17-3-5-18(25)6-4-17)15-19-7-8-21(23)28(19)11-2-10-27(12-14-33)16-22(29)26-9-13-32;;/h3-6,19-21,23,32-33H,2,7-16H2,1H3,(H,26,29);;/q;;+3/p-3/t19-,20+,21+,23-;;/m0../s1/i;;1+1. The van der Waals surface area contributed by atoms with Crippen LogP contribution in [0.15, 0.2) is 29.3 Å². The Kier molecular flexibility index (Phi) is 14.0. The average molecular weight is 610 g/mol. The molecule has 2 aliphatic rings. The molecule has 0 saturated carbocycles. The second-order valence-corrected chi connectivity index (χ2v) is 9.61. The third-order valence-electron chi connectivity index (χ3n) is 6.87. The Bertz CT molecular complexity index is 820. The first kappa shape index (κ1) is 30.4. The molecule has 0 aliphatic carbocycles. The molecule has 1 aromatic rings. The summed E-state index contributed by atoms with van der Waals surface area (Å²) < 4.78 is 26.9. The van der Waals surface area contributed by atoms with Gasteiger partial charge in [0.2, 0.25) is 0 Å². The van der Waals surface area contributed by atoms with Gasteiger partial charge in [-0.1, -0.05) is 12.1 Å². The molecule has 35 heavy (non-hydrogen) atoms. The zero-order valence-electron chi connectivity index (χ0n) is 19.9. The van der Waals surface area contributed by atoms with Crippen molar-refractivity contribution in [3.8, 4) is 0 Å². The van der Waals surface area contributed by atoms with Crippen molar-refractivity contribution in [2.24, 2.45) is 10.9 Å². The topological polar surface area (TPSA) is 85.3 Å². The number of hydrogen-bond acceptors (Lipinski definition) is 9. The SMILES string of the molecule is COC(=O)[C@H]1[C@@H](c2ccc(F)cc2)C[C@@H]2CC[C@H]1N2CCCN(CC[S-])CC([O-])=NCC[S-].[O]=[99Tc+3]. The molecule has 0 aromatic heterocycles. The van der Waals surface area contributed by atoms with E-state index in [0.717, 1.165) is 63.2 Å². The van der Waals surface area contributed by atoms with Crippen LogP contribution in [0.1, 0.15) is 37.2 Å². The maximum atomic E-state index is 13.5. The van der Waals surface area contributed by atoms with Crippen LogP contribution in [0.3, 0.4) is 0 Å². The van der Waals surface area contributed by atoms with E-state index in [4.69, 9.17) is 33.5 Å². The molecule has 2 heterocycles. The Morgan fingerprint density at radius 2 is 1.94 bits per heavy atom. The van der Waals surface area contributed by atoms with E-state index < -0.39 is 0 Å². The van der Waals surface area contributed by atoms with E-state index in [1.54, 1.807) is 12.1 Å². The quantitative estimate of drug-likeness (QED) is 0.152. The molecule has 2 aliphatic heterocycles. The molecule has 3 rings (SSSR count). The fourth-order valence-electron chi connectivity index (χ4n) is 5.46. The number of nitrogens with zero attached hydrogens (tertiary/aromatic N) is 3. The molecule has 0 amide bonds. The van der Waals surface area contributed by atoms with Crippen LogP contribution in [-0.4, -0.2) is 85.1 Å². The Morgan fingerprint density at radius 1 is 1.23 bits per heavy atom. The second-order valence-electron chi connectivity index (χ2n) is 8.79. The summed E-state index contributed by atoms with van der Waals surface area (Å²) in [6.45, 7) is 2.94. The molecule has 4 atom stereocenters. The number of piperidine rings is 1. The normalized spacial score (nSPS) is 24.2. The van der Waals surface area contributed by atoms with Crippen molar-refractivity contribution < 1.29 is 41.4 Å². The van der Waals surface area contributed by atoms with Gasteiger partial charge in [-0.05, 0) is 68.9 Å². The van der Waals surface area contributed by atoms with Crippen molar-refractivity contribution >= 4 is 37.1 Å². The molecule has 0 unspecified atom stereocenters. The molecule has 2 bridgehead atoms. The van der Waals surface area contributed by atoms with E-state index in [0.29, 0.717) is 30.6 Å². The molecule has 11 heteroatoms. The fraction of sp³-hybridized carbons (Fsp3) is 0.667. The van der Waals surface area contributed by atoms with E-state index in [9.17, 15) is 14.3 Å². The predicted molar refractivity (Wildman–Crippen MR) is 131 cm³/mol. The van der Waals surface area contributed by atoms with Crippen LogP contribution in [-0.2, 0) is 57.1 Å². The summed E-state index contributed by atoms with van der Waals surface area (Å²) in [6, 6.07) is 7.03. The first-order valence-electron chi connectivity index (χ1n) is 11.8. The summed E-state index contributed by atoms with van der Waals surface area (Å²) in [6.07, 6.45) is 3.74. The number of rotatable bonds is 12. The summed E-state index contributed by atoms with van der Waals surface area (Å²) in [7, 11) is 1.44. The first-order chi connectivity index (χ1) is 17.0. The predicted octanol–water partition coefficient (Wildman–Crippen LogP) is 1.36. The summed E-state index contributed by atoms with van der Waals surface area (Å²) in [5, 5.41) is 12.0. The number of esters is 1. The molecular formula is C24H33FN3O4S2Tc. The van der Waals surface area contributed by atoms with Crippen LogP contribution >= 0.6 is 0 Å². The maximum absolute atomic E-state index is 13.5. The number of aliphatic imine (C=N–C) groups is 1. The van der Waals surface area contributed by atoms with Crippen molar-refractivity contribution in [2.45, 2.75) is 43.7 Å². The van der Waals surface area contributed by atoms with Crippen molar-refractivity contribution in [3.63, 3.8) is 0 Å². The van der Waals surface area contributed by atoms with Gasteiger partial charge in [0, 0.05) is 31.1 Å². The van der Waals surface area contributed by atoms with Gasteiger partial charge < -0.3 is 45.0 Å². The fourth-order valence-corrected chi connectivity index (χ4v) is 5.81. The van der Waals surface area contributed by atoms with E-state index in [2.05, 4.69) is 14.8 Å². The third-order valence-corrected chi connectivity index (χ3v) is 7.24. The molecular weight excluding hydrogens is 576 g/mol. The molecule has 1 aromatic carbocycles. The minimum absolute atomic E-state index is 0.0344. The number of halogens is 1. The Balaban J connectivity index is 0.00000210. The molecule has 0 spiro atoms. The summed E-state index contributed by atoms with van der Waals surface area (Å²) >= 11 is 10.9. The molecule has 7 nitrogen and oxygen atoms in total. The van der Waals surface area contributed by atoms with Crippen LogP contribution < -0.4 is 5.11 Å². The zero-order valence-corrected chi connectivity index (χ0v) is 23.4. The van der Waals surface area contributed by atoms with Gasteiger partial charge in [-0.3, -0.25) is 9.69 Å². The van der Waals surface area contributed by atoms with Crippen LogP contribution in [0.25, 0.3) is 0 Å². The van der Waals surface area contributed by atoms with E-state index in [1.165, 1.54) is 19.2 Å². The Hall–Kier alpha value is -0.841. The van der Waals surface area contributed by atoms with Crippen molar-refractivity contribution in [2.75, 3.05) is 51.3 Å². The summed E-state index contributed by atoms with van der Waals surface area (Å²) in [5.74, 6) is 0.176. The van der Waals surface area contributed by atoms with Crippen LogP contribution in [0, 0.1) is 11.7 Å². The van der Waals surface area contributed by atoms with Gasteiger partial charge in [0.05, 0.1) is 13.0 Å². The monoisotopic (exact) mass is 609 g/mol. The molecule has 194 valence electrons. The second kappa shape index (κ2) is 16.1. The third kappa shape index (κ3) is 8.61. The Morgan fingerprint density at radius 3 is 2.57 bits per heavy atom. The Labute approximate surface area is 229 Å². The minimum atomic E-state index is -0.271. The van der Waals surface area contributed by atoms with Crippen LogP contribution in [0.2, 0.25) is 0 Å².